The van der Waals surface area contributed by atoms with Crippen LogP contribution >= 0.6 is 0 Å². The highest BCUT2D eigenvalue weighted by Gasteiger charge is 2.30. The van der Waals surface area contributed by atoms with Crippen molar-refractivity contribution in [3.8, 4) is 0 Å². The smallest absolute Gasteiger partial charge is 0.322 e. The molecule has 0 aliphatic heterocycles. The maximum atomic E-state index is 12.7. The Hall–Kier alpha value is -2.81. The third kappa shape index (κ3) is 5.33. The lowest BCUT2D eigenvalue weighted by Crippen LogP contribution is -2.29. The van der Waals surface area contributed by atoms with Crippen LogP contribution in [0.2, 0.25) is 0 Å². The number of hydrogen-bond donors (Lipinski definition) is 1. The van der Waals surface area contributed by atoms with Gasteiger partial charge in [-0.05, 0) is 42.5 Å². The predicted octanol–water partition coefficient (Wildman–Crippen LogP) is 3.91. The van der Waals surface area contributed by atoms with Crippen LogP contribution in [-0.4, -0.2) is 27.1 Å². The molecular formula is C18H17F3N2O3S. The summed E-state index contributed by atoms with van der Waals surface area (Å²) < 4.78 is 62.9. The zero-order valence-electron chi connectivity index (χ0n) is 14.3. The molecule has 0 atom stereocenters. The Bertz CT molecular complexity index is 939. The van der Waals surface area contributed by atoms with Crippen LogP contribution in [-0.2, 0) is 16.2 Å². The molecule has 0 radical (unpaired) electrons. The van der Waals surface area contributed by atoms with Gasteiger partial charge in [-0.1, -0.05) is 12.1 Å². The quantitative estimate of drug-likeness (QED) is 0.751. The molecular weight excluding hydrogens is 381 g/mol. The average molecular weight is 398 g/mol. The van der Waals surface area contributed by atoms with E-state index in [0.717, 1.165) is 22.7 Å². The van der Waals surface area contributed by atoms with Crippen LogP contribution in [0.4, 0.5) is 24.5 Å². The van der Waals surface area contributed by atoms with Gasteiger partial charge in [0.1, 0.15) is 0 Å². The van der Waals surface area contributed by atoms with Crippen molar-refractivity contribution in [1.29, 1.82) is 0 Å². The normalized spacial score (nSPS) is 11.7. The lowest BCUT2D eigenvalue weighted by Gasteiger charge is -2.20. The fraction of sp³-hybridized carbons (Fsp3) is 0.167. The minimum atomic E-state index is -4.51. The summed E-state index contributed by atoms with van der Waals surface area (Å²) in [6.45, 7) is 3.57. The molecule has 0 heterocycles. The minimum absolute atomic E-state index is 0.00308. The van der Waals surface area contributed by atoms with Gasteiger partial charge in [-0.2, -0.15) is 13.2 Å². The molecule has 0 fully saturated rings. The first-order chi connectivity index (χ1) is 12.5. The third-order valence-electron chi connectivity index (χ3n) is 3.56. The van der Waals surface area contributed by atoms with Crippen LogP contribution in [0.3, 0.4) is 0 Å². The number of alkyl halides is 3. The van der Waals surface area contributed by atoms with Crippen molar-refractivity contribution in [2.24, 2.45) is 0 Å². The highest BCUT2D eigenvalue weighted by molar-refractivity contribution is 7.92. The topological polar surface area (TPSA) is 66.5 Å². The molecule has 2 aromatic carbocycles. The third-order valence-corrected chi connectivity index (χ3v) is 4.72. The van der Waals surface area contributed by atoms with E-state index in [1.54, 1.807) is 0 Å². The van der Waals surface area contributed by atoms with E-state index in [-0.39, 0.29) is 17.8 Å². The number of anilines is 2. The van der Waals surface area contributed by atoms with Crippen LogP contribution < -0.4 is 9.62 Å². The van der Waals surface area contributed by atoms with E-state index >= 15 is 0 Å². The lowest BCUT2D eigenvalue weighted by atomic mass is 10.1. The highest BCUT2D eigenvalue weighted by Crippen LogP contribution is 2.30. The van der Waals surface area contributed by atoms with Gasteiger partial charge >= 0.3 is 6.18 Å². The predicted molar refractivity (Wildman–Crippen MR) is 98.2 cm³/mol. The first-order valence-electron chi connectivity index (χ1n) is 7.69. The second-order valence-corrected chi connectivity index (χ2v) is 7.57. The summed E-state index contributed by atoms with van der Waals surface area (Å²) in [6.07, 6.45) is -2.04. The Morgan fingerprint density at radius 2 is 1.81 bits per heavy atom. The summed E-state index contributed by atoms with van der Waals surface area (Å²) in [4.78, 5) is 12.2. The van der Waals surface area contributed by atoms with Crippen molar-refractivity contribution in [3.05, 3.63) is 72.3 Å². The van der Waals surface area contributed by atoms with Gasteiger partial charge in [0.2, 0.25) is 10.0 Å². The summed E-state index contributed by atoms with van der Waals surface area (Å²) in [6, 6.07) is 9.93. The number of halogens is 3. The number of amides is 1. The van der Waals surface area contributed by atoms with Crippen LogP contribution in [0.25, 0.3) is 0 Å². The van der Waals surface area contributed by atoms with Gasteiger partial charge in [0.05, 0.1) is 24.1 Å². The molecule has 27 heavy (non-hydrogen) atoms. The summed E-state index contributed by atoms with van der Waals surface area (Å²) in [5, 5.41) is 2.39. The molecule has 2 aromatic rings. The molecule has 0 saturated heterocycles. The molecule has 0 unspecified atom stereocenters. The number of nitrogens with one attached hydrogen (secondary N) is 1. The SMILES string of the molecule is C=CCN(c1ccc(C(=O)Nc2cccc(C(F)(F)F)c2)cc1)S(C)(=O)=O. The van der Waals surface area contributed by atoms with Crippen molar-refractivity contribution in [3.63, 3.8) is 0 Å². The first-order valence-corrected chi connectivity index (χ1v) is 9.54. The number of nitrogens with zero attached hydrogens (tertiary/aromatic N) is 1. The molecule has 1 amide bonds. The maximum Gasteiger partial charge on any atom is 0.416 e. The fourth-order valence-electron chi connectivity index (χ4n) is 2.31. The van der Waals surface area contributed by atoms with Gasteiger partial charge in [-0.25, -0.2) is 8.42 Å². The van der Waals surface area contributed by atoms with E-state index in [0.29, 0.717) is 5.69 Å². The van der Waals surface area contributed by atoms with E-state index in [1.807, 2.05) is 0 Å². The van der Waals surface area contributed by atoms with Gasteiger partial charge in [0, 0.05) is 11.3 Å². The molecule has 0 aliphatic carbocycles. The molecule has 5 nitrogen and oxygen atoms in total. The van der Waals surface area contributed by atoms with E-state index in [9.17, 15) is 26.4 Å². The van der Waals surface area contributed by atoms with Crippen molar-refractivity contribution in [2.45, 2.75) is 6.18 Å². The number of sulfonamides is 1. The number of benzene rings is 2. The van der Waals surface area contributed by atoms with Crippen molar-refractivity contribution >= 4 is 27.3 Å². The number of carbonyl (C=O) groups excluding carboxylic acids is 1. The van der Waals surface area contributed by atoms with E-state index < -0.39 is 27.7 Å². The highest BCUT2D eigenvalue weighted by atomic mass is 32.2. The monoisotopic (exact) mass is 398 g/mol. The van der Waals surface area contributed by atoms with E-state index in [4.69, 9.17) is 0 Å². The van der Waals surface area contributed by atoms with Crippen LogP contribution in [0.1, 0.15) is 15.9 Å². The Morgan fingerprint density at radius 3 is 2.33 bits per heavy atom. The van der Waals surface area contributed by atoms with E-state index in [2.05, 4.69) is 11.9 Å². The van der Waals surface area contributed by atoms with Gasteiger partial charge in [-0.3, -0.25) is 9.10 Å². The lowest BCUT2D eigenvalue weighted by molar-refractivity contribution is -0.137. The molecule has 0 aromatic heterocycles. The summed E-state index contributed by atoms with van der Waals surface area (Å²) in [5.74, 6) is -0.615. The van der Waals surface area contributed by atoms with Gasteiger partial charge < -0.3 is 5.32 Å². The minimum Gasteiger partial charge on any atom is -0.322 e. The van der Waals surface area contributed by atoms with Crippen molar-refractivity contribution in [2.75, 3.05) is 22.4 Å². The summed E-state index contributed by atoms with van der Waals surface area (Å²) in [5.41, 5.74) is -0.358. The second kappa shape index (κ2) is 7.83. The van der Waals surface area contributed by atoms with Gasteiger partial charge in [0.25, 0.3) is 5.91 Å². The molecule has 0 aliphatic rings. The Balaban J connectivity index is 2.20. The standard InChI is InChI=1S/C18H17F3N2O3S/c1-3-11-23(27(2,25)26)16-9-7-13(8-10-16)17(24)22-15-6-4-5-14(12-15)18(19,20)21/h3-10,12H,1,11H2,2H3,(H,22,24). The molecule has 2 rings (SSSR count). The van der Waals surface area contributed by atoms with Crippen LogP contribution in [0.5, 0.6) is 0 Å². The summed E-state index contributed by atoms with van der Waals surface area (Å²) in [7, 11) is -3.53. The molecule has 144 valence electrons. The van der Waals surface area contributed by atoms with Gasteiger partial charge in [-0.15, -0.1) is 6.58 Å². The molecule has 0 saturated carbocycles. The number of rotatable bonds is 6. The van der Waals surface area contributed by atoms with Gasteiger partial charge in [0.15, 0.2) is 0 Å². The average Bonchev–Trinajstić information content (AvgIpc) is 2.58. The molecule has 0 bridgehead atoms. The van der Waals surface area contributed by atoms with Crippen molar-refractivity contribution in [1.82, 2.24) is 0 Å². The van der Waals surface area contributed by atoms with E-state index in [1.165, 1.54) is 42.5 Å². The Labute approximate surface area is 155 Å². The second-order valence-electron chi connectivity index (χ2n) is 5.66. The molecule has 0 spiro atoms. The largest absolute Gasteiger partial charge is 0.416 e. The molecule has 1 N–H and O–H groups in total. The maximum absolute atomic E-state index is 12.7. The Morgan fingerprint density at radius 1 is 1.19 bits per heavy atom. The van der Waals surface area contributed by atoms with Crippen LogP contribution in [0.15, 0.2) is 61.2 Å². The van der Waals surface area contributed by atoms with Crippen LogP contribution in [0, 0.1) is 0 Å². The number of hydrogen-bond acceptors (Lipinski definition) is 3. The summed E-state index contributed by atoms with van der Waals surface area (Å²) >= 11 is 0. The zero-order valence-corrected chi connectivity index (χ0v) is 15.1. The first kappa shape index (κ1) is 20.5. The number of carbonyl (C=O) groups is 1. The fourth-order valence-corrected chi connectivity index (χ4v) is 3.19. The van der Waals surface area contributed by atoms with Crippen molar-refractivity contribution < 1.29 is 26.4 Å². The molecule has 9 heteroatoms. The zero-order chi connectivity index (χ0) is 20.2. The Kier molecular flexibility index (Phi) is 5.94.